The zero-order valence-corrected chi connectivity index (χ0v) is 10.8. The summed E-state index contributed by atoms with van der Waals surface area (Å²) in [6.07, 6.45) is 3.26. The lowest BCUT2D eigenvalue weighted by atomic mass is 10.1. The van der Waals surface area contributed by atoms with Crippen molar-refractivity contribution in [2.45, 2.75) is 13.1 Å². The maximum Gasteiger partial charge on any atom is 0.139 e. The second-order valence-electron chi connectivity index (χ2n) is 4.48. The van der Waals surface area contributed by atoms with Gasteiger partial charge in [-0.2, -0.15) is 0 Å². The zero-order valence-electron chi connectivity index (χ0n) is 10.8. The normalized spacial score (nSPS) is 10.9. The van der Waals surface area contributed by atoms with Crippen LogP contribution in [0, 0.1) is 5.82 Å². The number of aromatic nitrogens is 1. The third kappa shape index (κ3) is 2.35. The highest BCUT2D eigenvalue weighted by Crippen LogP contribution is 2.22. The maximum absolute atomic E-state index is 13.9. The molecule has 2 aromatic heterocycles. The molecule has 0 unspecified atom stereocenters. The van der Waals surface area contributed by atoms with Crippen LogP contribution in [0.15, 0.2) is 47.2 Å². The number of halogens is 1. The van der Waals surface area contributed by atoms with Gasteiger partial charge in [0, 0.05) is 24.8 Å². The van der Waals surface area contributed by atoms with E-state index in [1.807, 2.05) is 12.1 Å². The van der Waals surface area contributed by atoms with E-state index in [2.05, 4.69) is 10.3 Å². The molecule has 3 aromatic rings. The van der Waals surface area contributed by atoms with E-state index in [0.29, 0.717) is 24.5 Å². The van der Waals surface area contributed by atoms with E-state index >= 15 is 0 Å². The van der Waals surface area contributed by atoms with Crippen molar-refractivity contribution in [3.8, 4) is 0 Å². The van der Waals surface area contributed by atoms with Crippen molar-refractivity contribution in [2.75, 3.05) is 5.32 Å². The van der Waals surface area contributed by atoms with Crippen molar-refractivity contribution in [3.05, 3.63) is 59.7 Å². The van der Waals surface area contributed by atoms with Crippen molar-refractivity contribution in [3.63, 3.8) is 0 Å². The summed E-state index contributed by atoms with van der Waals surface area (Å²) < 4.78 is 19.2. The minimum absolute atomic E-state index is 0.264. The Bertz CT molecular complexity index is 739. The molecular formula is C15H14FN3O. The Morgan fingerprint density at radius 2 is 2.15 bits per heavy atom. The molecule has 4 nitrogen and oxygen atoms in total. The molecular weight excluding hydrogens is 257 g/mol. The molecule has 5 heteroatoms. The second kappa shape index (κ2) is 5.30. The number of benzene rings is 1. The van der Waals surface area contributed by atoms with Gasteiger partial charge in [-0.25, -0.2) is 9.37 Å². The number of furan rings is 1. The Kier molecular flexibility index (Phi) is 3.35. The number of fused-ring (bicyclic) bond motifs is 1. The minimum atomic E-state index is -0.264. The standard InChI is InChI=1S/C15H14FN3O/c16-13-7-10(8-17)1-2-11(13)9-19-15-12-4-6-20-14(12)3-5-18-15/h1-7H,8-9,17H2,(H,18,19). The first kappa shape index (κ1) is 12.6. The smallest absolute Gasteiger partial charge is 0.139 e. The van der Waals surface area contributed by atoms with Gasteiger partial charge in [0.1, 0.15) is 17.2 Å². The number of nitrogens with zero attached hydrogens (tertiary/aromatic N) is 1. The highest BCUT2D eigenvalue weighted by atomic mass is 19.1. The average molecular weight is 271 g/mol. The first-order chi connectivity index (χ1) is 9.78. The van der Waals surface area contributed by atoms with Gasteiger partial charge in [-0.05, 0) is 23.8 Å². The number of hydrogen-bond donors (Lipinski definition) is 2. The molecule has 0 spiro atoms. The Morgan fingerprint density at radius 1 is 1.25 bits per heavy atom. The van der Waals surface area contributed by atoms with Crippen molar-refractivity contribution in [2.24, 2.45) is 5.73 Å². The van der Waals surface area contributed by atoms with Crippen LogP contribution in [-0.2, 0) is 13.1 Å². The van der Waals surface area contributed by atoms with Crippen molar-refractivity contribution >= 4 is 16.8 Å². The van der Waals surface area contributed by atoms with Gasteiger partial charge in [-0.3, -0.25) is 0 Å². The Hall–Kier alpha value is -2.40. The van der Waals surface area contributed by atoms with Gasteiger partial charge in [-0.15, -0.1) is 0 Å². The lowest BCUT2D eigenvalue weighted by Gasteiger charge is -2.08. The van der Waals surface area contributed by atoms with Gasteiger partial charge in [0.2, 0.25) is 0 Å². The van der Waals surface area contributed by atoms with Gasteiger partial charge in [-0.1, -0.05) is 12.1 Å². The molecule has 1 aromatic carbocycles. The van der Waals surface area contributed by atoms with E-state index < -0.39 is 0 Å². The number of hydrogen-bond acceptors (Lipinski definition) is 4. The van der Waals surface area contributed by atoms with Crippen molar-refractivity contribution < 1.29 is 8.81 Å². The van der Waals surface area contributed by atoms with Crippen LogP contribution in [-0.4, -0.2) is 4.98 Å². The molecule has 3 rings (SSSR count). The summed E-state index contributed by atoms with van der Waals surface area (Å²) in [5.74, 6) is 0.415. The van der Waals surface area contributed by atoms with Crippen LogP contribution in [0.5, 0.6) is 0 Å². The van der Waals surface area contributed by atoms with E-state index in [4.69, 9.17) is 10.2 Å². The molecule has 0 aliphatic carbocycles. The summed E-state index contributed by atoms with van der Waals surface area (Å²) in [6.45, 7) is 0.689. The van der Waals surface area contributed by atoms with E-state index in [1.165, 1.54) is 6.07 Å². The molecule has 0 amide bonds. The van der Waals surface area contributed by atoms with E-state index in [9.17, 15) is 4.39 Å². The minimum Gasteiger partial charge on any atom is -0.464 e. The third-order valence-corrected chi connectivity index (χ3v) is 3.18. The molecule has 0 atom stereocenters. The summed E-state index contributed by atoms with van der Waals surface area (Å²) in [7, 11) is 0. The van der Waals surface area contributed by atoms with Crippen LogP contribution in [0.3, 0.4) is 0 Å². The highest BCUT2D eigenvalue weighted by Gasteiger charge is 2.07. The van der Waals surface area contributed by atoms with Crippen LogP contribution in [0.4, 0.5) is 10.2 Å². The first-order valence-corrected chi connectivity index (χ1v) is 6.31. The van der Waals surface area contributed by atoms with Crippen LogP contribution >= 0.6 is 0 Å². The Balaban J connectivity index is 1.81. The summed E-state index contributed by atoms with van der Waals surface area (Å²) in [5.41, 5.74) is 7.59. The number of anilines is 1. The van der Waals surface area contributed by atoms with Gasteiger partial charge >= 0.3 is 0 Å². The molecule has 0 saturated heterocycles. The fraction of sp³-hybridized carbons (Fsp3) is 0.133. The van der Waals surface area contributed by atoms with Crippen molar-refractivity contribution in [1.29, 1.82) is 0 Å². The summed E-state index contributed by atoms with van der Waals surface area (Å²) in [4.78, 5) is 4.24. The molecule has 102 valence electrons. The number of nitrogens with one attached hydrogen (secondary N) is 1. The molecule has 0 radical (unpaired) electrons. The Labute approximate surface area is 115 Å². The molecule has 20 heavy (non-hydrogen) atoms. The molecule has 0 saturated carbocycles. The van der Waals surface area contributed by atoms with Gasteiger partial charge in [0.15, 0.2) is 0 Å². The van der Waals surface area contributed by atoms with E-state index in [1.54, 1.807) is 24.6 Å². The predicted molar refractivity (Wildman–Crippen MR) is 75.6 cm³/mol. The largest absolute Gasteiger partial charge is 0.464 e. The number of nitrogens with two attached hydrogens (primary N) is 1. The molecule has 0 fully saturated rings. The Morgan fingerprint density at radius 3 is 2.95 bits per heavy atom. The summed E-state index contributed by atoms with van der Waals surface area (Å²) in [6, 6.07) is 8.64. The van der Waals surface area contributed by atoms with E-state index in [-0.39, 0.29) is 5.82 Å². The fourth-order valence-electron chi connectivity index (χ4n) is 2.08. The average Bonchev–Trinajstić information content (AvgIpc) is 2.95. The lowest BCUT2D eigenvalue weighted by Crippen LogP contribution is -2.05. The van der Waals surface area contributed by atoms with Crippen LogP contribution in [0.1, 0.15) is 11.1 Å². The molecule has 0 aliphatic rings. The SMILES string of the molecule is NCc1ccc(CNc2nccc3occc23)c(F)c1. The van der Waals surface area contributed by atoms with Gasteiger partial charge in [0.05, 0.1) is 11.6 Å². The zero-order chi connectivity index (χ0) is 13.9. The summed E-state index contributed by atoms with van der Waals surface area (Å²) in [5, 5.41) is 4.01. The monoisotopic (exact) mass is 271 g/mol. The van der Waals surface area contributed by atoms with Crippen LogP contribution in [0.25, 0.3) is 11.0 Å². The molecule has 0 aliphatic heterocycles. The van der Waals surface area contributed by atoms with Gasteiger partial charge in [0.25, 0.3) is 0 Å². The maximum atomic E-state index is 13.9. The lowest BCUT2D eigenvalue weighted by molar-refractivity contribution is 0.610. The molecule has 0 bridgehead atoms. The third-order valence-electron chi connectivity index (χ3n) is 3.18. The molecule has 2 heterocycles. The topological polar surface area (TPSA) is 64.1 Å². The number of rotatable bonds is 4. The van der Waals surface area contributed by atoms with Gasteiger partial charge < -0.3 is 15.5 Å². The first-order valence-electron chi connectivity index (χ1n) is 6.31. The highest BCUT2D eigenvalue weighted by molar-refractivity contribution is 5.87. The quantitative estimate of drug-likeness (QED) is 0.765. The fourth-order valence-corrected chi connectivity index (χ4v) is 2.08. The number of pyridine rings is 1. The molecule has 3 N–H and O–H groups in total. The van der Waals surface area contributed by atoms with Crippen LogP contribution < -0.4 is 11.1 Å². The van der Waals surface area contributed by atoms with Crippen LogP contribution in [0.2, 0.25) is 0 Å². The van der Waals surface area contributed by atoms with Crippen molar-refractivity contribution in [1.82, 2.24) is 4.98 Å². The van der Waals surface area contributed by atoms with E-state index in [0.717, 1.165) is 16.5 Å². The summed E-state index contributed by atoms with van der Waals surface area (Å²) >= 11 is 0. The predicted octanol–water partition coefficient (Wildman–Crippen LogP) is 3.04. The second-order valence-corrected chi connectivity index (χ2v) is 4.48.